The molecule has 0 aromatic rings. The van der Waals surface area contributed by atoms with E-state index >= 15 is 0 Å². The maximum Gasteiger partial charge on any atom is -0.0411 e. The van der Waals surface area contributed by atoms with E-state index in [-0.39, 0.29) is 0 Å². The Morgan fingerprint density at radius 1 is 0.750 bits per heavy atom. The molecule has 0 aromatic heterocycles. The van der Waals surface area contributed by atoms with E-state index in [9.17, 15) is 0 Å². The van der Waals surface area contributed by atoms with Gasteiger partial charge in [0.2, 0.25) is 0 Å². The maximum atomic E-state index is 2.19. The fourth-order valence-electron chi connectivity index (χ4n) is 0. The zero-order chi connectivity index (χ0) is 6.62. The molecule has 0 spiro atoms. The summed E-state index contributed by atoms with van der Waals surface area (Å²) in [5, 5.41) is 0. The monoisotopic (exact) mass is 114 g/mol. The molecule has 8 heavy (non-hydrogen) atoms. The quantitative estimate of drug-likeness (QED) is 0.453. The van der Waals surface area contributed by atoms with E-state index in [1.165, 1.54) is 19.3 Å². The van der Waals surface area contributed by atoms with E-state index < -0.39 is 0 Å². The molecule has 0 saturated heterocycles. The predicted molar refractivity (Wildman–Crippen MR) is 39.0 cm³/mol. The summed E-state index contributed by atoms with van der Waals surface area (Å²) in [7, 11) is 0. The zero-order valence-electron chi connectivity index (χ0n) is 6.62. The summed E-state index contributed by atoms with van der Waals surface area (Å²) in [6, 6.07) is 0. The summed E-state index contributed by atoms with van der Waals surface area (Å²) >= 11 is 0. The van der Waals surface area contributed by atoms with Crippen LogP contribution in [0.2, 0.25) is 0 Å². The molecule has 1 saturated carbocycles. The van der Waals surface area contributed by atoms with Crippen LogP contribution in [0.3, 0.4) is 0 Å². The van der Waals surface area contributed by atoms with Crippen LogP contribution in [-0.4, -0.2) is 0 Å². The van der Waals surface area contributed by atoms with Crippen LogP contribution in [-0.2, 0) is 0 Å². The molecule has 0 bridgehead atoms. The lowest BCUT2D eigenvalue weighted by atomic mass is 10.0. The van der Waals surface area contributed by atoms with Crippen molar-refractivity contribution in [3.8, 4) is 0 Å². The van der Waals surface area contributed by atoms with Gasteiger partial charge in [-0.05, 0) is 5.41 Å². The second-order valence-electron chi connectivity index (χ2n) is 4.06. The number of hydrogen-bond donors (Lipinski definition) is 0. The predicted octanol–water partition coefficient (Wildman–Crippen LogP) is 3.22. The minimum atomic E-state index is 0.500. The molecule has 0 nitrogen and oxygen atoms in total. The van der Waals surface area contributed by atoms with Gasteiger partial charge in [-0.2, -0.15) is 0 Å². The second kappa shape index (κ2) is 3.11. The van der Waals surface area contributed by atoms with Crippen LogP contribution < -0.4 is 0 Å². The summed E-state index contributed by atoms with van der Waals surface area (Å²) in [5.41, 5.74) is 0.500. The van der Waals surface area contributed by atoms with Crippen LogP contribution in [0.5, 0.6) is 0 Å². The highest BCUT2D eigenvalue weighted by molar-refractivity contribution is 4.50. The van der Waals surface area contributed by atoms with Gasteiger partial charge in [-0.1, -0.05) is 47.0 Å². The highest BCUT2D eigenvalue weighted by Gasteiger charge is 1.95. The van der Waals surface area contributed by atoms with Gasteiger partial charge in [-0.25, -0.2) is 0 Å². The van der Waals surface area contributed by atoms with Crippen molar-refractivity contribution < 1.29 is 0 Å². The first-order chi connectivity index (χ1) is 3.50. The summed E-state index contributed by atoms with van der Waals surface area (Å²) in [6.45, 7) is 8.75. The highest BCUT2D eigenvalue weighted by Crippen LogP contribution is 2.14. The van der Waals surface area contributed by atoms with E-state index in [0.717, 1.165) is 0 Å². The van der Waals surface area contributed by atoms with Gasteiger partial charge in [0.1, 0.15) is 0 Å². The Hall–Kier alpha value is 0. The van der Waals surface area contributed by atoms with Gasteiger partial charge in [-0.3, -0.25) is 0 Å². The Kier molecular flexibility index (Phi) is 3.11. The van der Waals surface area contributed by atoms with Crippen molar-refractivity contribution in [2.45, 2.75) is 47.0 Å². The first-order valence-electron chi connectivity index (χ1n) is 3.50. The van der Waals surface area contributed by atoms with E-state index in [4.69, 9.17) is 0 Å². The molecular weight excluding hydrogens is 96.1 g/mol. The van der Waals surface area contributed by atoms with Gasteiger partial charge in [0.05, 0.1) is 0 Å². The molecule has 0 atom stereocenters. The lowest BCUT2D eigenvalue weighted by Gasteiger charge is -2.05. The molecule has 0 heteroatoms. The maximum absolute atomic E-state index is 2.19. The van der Waals surface area contributed by atoms with Gasteiger partial charge in [-0.15, -0.1) is 0 Å². The third-order valence-electron chi connectivity index (χ3n) is 0.354. The number of hydrogen-bond acceptors (Lipinski definition) is 0. The molecule has 0 unspecified atom stereocenters. The summed E-state index contributed by atoms with van der Waals surface area (Å²) in [6.07, 6.45) is 4.50. The fourth-order valence-corrected chi connectivity index (χ4v) is 0. The summed E-state index contributed by atoms with van der Waals surface area (Å²) < 4.78 is 0. The van der Waals surface area contributed by atoms with Crippen molar-refractivity contribution in [1.82, 2.24) is 0 Å². The van der Waals surface area contributed by atoms with Gasteiger partial charge in [0.15, 0.2) is 0 Å². The van der Waals surface area contributed by atoms with Crippen LogP contribution in [0.15, 0.2) is 0 Å². The first kappa shape index (κ1) is 8.00. The normalized spacial score (nSPS) is 16.5. The average Bonchev–Trinajstić information content (AvgIpc) is 1.95. The summed E-state index contributed by atoms with van der Waals surface area (Å²) in [4.78, 5) is 0. The van der Waals surface area contributed by atoms with Gasteiger partial charge in [0, 0.05) is 0 Å². The smallest absolute Gasteiger partial charge is 0.0411 e. The second-order valence-corrected chi connectivity index (χ2v) is 4.06. The first-order valence-corrected chi connectivity index (χ1v) is 3.50. The molecule has 50 valence electrons. The van der Waals surface area contributed by atoms with Crippen molar-refractivity contribution in [2.24, 2.45) is 5.41 Å². The molecule has 0 aliphatic heterocycles. The van der Waals surface area contributed by atoms with Crippen LogP contribution in [0.25, 0.3) is 0 Å². The van der Waals surface area contributed by atoms with E-state index in [0.29, 0.717) is 5.41 Å². The molecule has 0 amide bonds. The highest BCUT2D eigenvalue weighted by atomic mass is 14.0. The SMILES string of the molecule is C1CC1.CC(C)(C)C. The Morgan fingerprint density at radius 2 is 0.875 bits per heavy atom. The molecule has 1 rings (SSSR count). The Morgan fingerprint density at radius 3 is 0.875 bits per heavy atom. The molecule has 1 fully saturated rings. The van der Waals surface area contributed by atoms with Gasteiger partial charge < -0.3 is 0 Å². The average molecular weight is 114 g/mol. The van der Waals surface area contributed by atoms with E-state index in [2.05, 4.69) is 27.7 Å². The van der Waals surface area contributed by atoms with Crippen molar-refractivity contribution >= 4 is 0 Å². The largest absolute Gasteiger partial charge is 0.0604 e. The summed E-state index contributed by atoms with van der Waals surface area (Å²) in [5.74, 6) is 0. The van der Waals surface area contributed by atoms with Crippen LogP contribution in [0.1, 0.15) is 47.0 Å². The van der Waals surface area contributed by atoms with Gasteiger partial charge >= 0.3 is 0 Å². The van der Waals surface area contributed by atoms with Crippen LogP contribution in [0, 0.1) is 5.41 Å². The Labute approximate surface area is 53.3 Å². The van der Waals surface area contributed by atoms with Crippen LogP contribution >= 0.6 is 0 Å². The van der Waals surface area contributed by atoms with E-state index in [1.54, 1.807) is 0 Å². The number of rotatable bonds is 0. The minimum Gasteiger partial charge on any atom is -0.0604 e. The molecule has 0 radical (unpaired) electrons. The molecule has 0 aromatic carbocycles. The topological polar surface area (TPSA) is 0 Å². The lowest BCUT2D eigenvalue weighted by molar-refractivity contribution is 0.469. The zero-order valence-corrected chi connectivity index (χ0v) is 6.62. The Bertz CT molecular complexity index is 36.8. The fraction of sp³-hybridized carbons (Fsp3) is 1.00. The lowest BCUT2D eigenvalue weighted by Crippen LogP contribution is -1.93. The standard InChI is InChI=1S/C5H12.C3H6/c1-5(2,3)4;1-2-3-1/h1-4H3;1-3H2. The molecule has 0 heterocycles. The van der Waals surface area contributed by atoms with E-state index in [1.807, 2.05) is 0 Å². The van der Waals surface area contributed by atoms with Crippen LogP contribution in [0.4, 0.5) is 0 Å². The Balaban J connectivity index is 0.000000135. The third-order valence-corrected chi connectivity index (χ3v) is 0.354. The van der Waals surface area contributed by atoms with Crippen molar-refractivity contribution in [2.75, 3.05) is 0 Å². The molecule has 1 aliphatic carbocycles. The third kappa shape index (κ3) is 150. The molecule has 0 N–H and O–H groups in total. The van der Waals surface area contributed by atoms with Crippen molar-refractivity contribution in [3.63, 3.8) is 0 Å². The van der Waals surface area contributed by atoms with Gasteiger partial charge in [0.25, 0.3) is 0 Å². The minimum absolute atomic E-state index is 0.500. The molecule has 1 aliphatic rings. The van der Waals surface area contributed by atoms with Crippen molar-refractivity contribution in [1.29, 1.82) is 0 Å². The van der Waals surface area contributed by atoms with Crippen molar-refractivity contribution in [3.05, 3.63) is 0 Å². The molecular formula is C8H18.